The Balaban J connectivity index is 2.22. The number of nitrogens with one attached hydrogen (secondary N) is 1. The molecule has 0 aliphatic rings. The maximum atomic E-state index is 12.4. The Bertz CT molecular complexity index is 714. The molecule has 0 saturated carbocycles. The van der Waals surface area contributed by atoms with Crippen LogP contribution in [0.25, 0.3) is 10.8 Å². The summed E-state index contributed by atoms with van der Waals surface area (Å²) in [6.07, 6.45) is 0.912. The molecule has 3 N–H and O–H groups in total. The van der Waals surface area contributed by atoms with Crippen molar-refractivity contribution in [3.05, 3.63) is 36.4 Å². The van der Waals surface area contributed by atoms with E-state index in [9.17, 15) is 8.42 Å². The van der Waals surface area contributed by atoms with Gasteiger partial charge in [-0.15, -0.1) is 0 Å². The molecule has 0 saturated heterocycles. The monoisotopic (exact) mass is 308 g/mol. The molecule has 0 aliphatic heterocycles. The van der Waals surface area contributed by atoms with Gasteiger partial charge in [-0.1, -0.05) is 31.2 Å². The number of nitrogens with two attached hydrogens (primary N) is 1. The molecule has 0 spiro atoms. The molecule has 0 aliphatic carbocycles. The van der Waals surface area contributed by atoms with Crippen molar-refractivity contribution < 1.29 is 13.2 Å². The number of nitrogen functional groups attached to an aromatic ring is 1. The minimum Gasteiger partial charge on any atom is -0.398 e. The van der Waals surface area contributed by atoms with Gasteiger partial charge in [0.15, 0.2) is 0 Å². The van der Waals surface area contributed by atoms with Crippen molar-refractivity contribution in [2.75, 3.05) is 25.5 Å². The Labute approximate surface area is 125 Å². The van der Waals surface area contributed by atoms with Gasteiger partial charge in [-0.25, -0.2) is 13.1 Å². The van der Waals surface area contributed by atoms with Crippen molar-refractivity contribution in [1.82, 2.24) is 4.72 Å². The van der Waals surface area contributed by atoms with Gasteiger partial charge in [0.25, 0.3) is 0 Å². The predicted octanol–water partition coefficient (Wildman–Crippen LogP) is 2.13. The number of fused-ring (bicyclic) bond motifs is 1. The normalized spacial score (nSPS) is 11.9. The van der Waals surface area contributed by atoms with Gasteiger partial charge in [0.1, 0.15) is 0 Å². The maximum Gasteiger partial charge on any atom is 0.241 e. The Kier molecular flexibility index (Phi) is 5.17. The van der Waals surface area contributed by atoms with Gasteiger partial charge in [0.2, 0.25) is 10.0 Å². The molecule has 5 nitrogen and oxygen atoms in total. The van der Waals surface area contributed by atoms with Crippen LogP contribution in [0.2, 0.25) is 0 Å². The summed E-state index contributed by atoms with van der Waals surface area (Å²) in [6.45, 7) is 3.25. The minimum absolute atomic E-state index is 0.239. The number of anilines is 1. The number of hydrogen-bond donors (Lipinski definition) is 2. The van der Waals surface area contributed by atoms with E-state index in [1.165, 1.54) is 0 Å². The molecule has 0 amide bonds. The smallest absolute Gasteiger partial charge is 0.241 e. The summed E-state index contributed by atoms with van der Waals surface area (Å²) in [5.41, 5.74) is 6.45. The molecule has 114 valence electrons. The highest BCUT2D eigenvalue weighted by atomic mass is 32.2. The Morgan fingerprint density at radius 1 is 1.10 bits per heavy atom. The van der Waals surface area contributed by atoms with E-state index in [2.05, 4.69) is 4.72 Å². The quantitative estimate of drug-likeness (QED) is 0.606. The van der Waals surface area contributed by atoms with Crippen LogP contribution in [0.1, 0.15) is 13.3 Å². The molecule has 6 heteroatoms. The maximum absolute atomic E-state index is 12.4. The van der Waals surface area contributed by atoms with E-state index in [0.29, 0.717) is 24.3 Å². The van der Waals surface area contributed by atoms with Gasteiger partial charge in [0, 0.05) is 29.6 Å². The lowest BCUT2D eigenvalue weighted by Crippen LogP contribution is -2.27. The largest absolute Gasteiger partial charge is 0.398 e. The molecular weight excluding hydrogens is 288 g/mol. The Morgan fingerprint density at radius 2 is 1.81 bits per heavy atom. The summed E-state index contributed by atoms with van der Waals surface area (Å²) in [5, 5.41) is 1.36. The first kappa shape index (κ1) is 15.8. The predicted molar refractivity (Wildman–Crippen MR) is 84.7 cm³/mol. The zero-order chi connectivity index (χ0) is 15.3. The summed E-state index contributed by atoms with van der Waals surface area (Å²) in [5.74, 6) is 0. The fourth-order valence-electron chi connectivity index (χ4n) is 2.11. The highest BCUT2D eigenvalue weighted by Crippen LogP contribution is 2.26. The van der Waals surface area contributed by atoms with Crippen LogP contribution >= 0.6 is 0 Å². The number of hydrogen-bond acceptors (Lipinski definition) is 4. The van der Waals surface area contributed by atoms with Crippen molar-refractivity contribution in [2.45, 2.75) is 18.2 Å². The lowest BCUT2D eigenvalue weighted by Gasteiger charge is -2.10. The highest BCUT2D eigenvalue weighted by Gasteiger charge is 2.17. The number of benzene rings is 2. The highest BCUT2D eigenvalue weighted by molar-refractivity contribution is 7.89. The summed E-state index contributed by atoms with van der Waals surface area (Å²) in [6, 6.07) is 10.4. The molecule has 0 aromatic heterocycles. The van der Waals surface area contributed by atoms with E-state index in [1.807, 2.05) is 13.0 Å². The molecule has 21 heavy (non-hydrogen) atoms. The van der Waals surface area contributed by atoms with E-state index < -0.39 is 10.0 Å². The summed E-state index contributed by atoms with van der Waals surface area (Å²) < 4.78 is 32.6. The van der Waals surface area contributed by atoms with E-state index in [0.717, 1.165) is 11.8 Å². The van der Waals surface area contributed by atoms with E-state index >= 15 is 0 Å². The standard InChI is InChI=1S/C15H20N2O3S/c1-2-10-20-11-9-17-21(18,19)15-8-4-5-12-13(15)6-3-7-14(12)16/h3-8,17H,2,9-11,16H2,1H3. The molecule has 0 fully saturated rings. The second-order valence-electron chi connectivity index (χ2n) is 4.71. The van der Waals surface area contributed by atoms with Crippen LogP contribution in [-0.4, -0.2) is 28.2 Å². The number of sulfonamides is 1. The number of ether oxygens (including phenoxy) is 1. The minimum atomic E-state index is -3.58. The van der Waals surface area contributed by atoms with Gasteiger partial charge >= 0.3 is 0 Å². The molecule has 0 heterocycles. The molecule has 0 bridgehead atoms. The summed E-state index contributed by atoms with van der Waals surface area (Å²) >= 11 is 0. The van der Waals surface area contributed by atoms with Crippen molar-refractivity contribution in [3.8, 4) is 0 Å². The summed E-state index contributed by atoms with van der Waals surface area (Å²) in [4.78, 5) is 0.239. The fourth-order valence-corrected chi connectivity index (χ4v) is 3.34. The zero-order valence-corrected chi connectivity index (χ0v) is 12.8. The Hall–Kier alpha value is -1.63. The first-order chi connectivity index (χ1) is 10.1. The van der Waals surface area contributed by atoms with Crippen molar-refractivity contribution in [1.29, 1.82) is 0 Å². The lowest BCUT2D eigenvalue weighted by molar-refractivity contribution is 0.140. The Morgan fingerprint density at radius 3 is 2.57 bits per heavy atom. The molecular formula is C15H20N2O3S. The second-order valence-corrected chi connectivity index (χ2v) is 6.44. The van der Waals surface area contributed by atoms with Crippen LogP contribution < -0.4 is 10.5 Å². The third-order valence-corrected chi connectivity index (χ3v) is 4.61. The van der Waals surface area contributed by atoms with Crippen LogP contribution in [0.4, 0.5) is 5.69 Å². The van der Waals surface area contributed by atoms with Crippen LogP contribution in [0, 0.1) is 0 Å². The zero-order valence-electron chi connectivity index (χ0n) is 12.0. The molecule has 2 aromatic rings. The van der Waals surface area contributed by atoms with E-state index in [4.69, 9.17) is 10.5 Å². The van der Waals surface area contributed by atoms with Crippen LogP contribution in [0.3, 0.4) is 0 Å². The molecule has 2 aromatic carbocycles. The SMILES string of the molecule is CCCOCCNS(=O)(=O)c1cccc2c(N)cccc12. The van der Waals surface area contributed by atoms with Gasteiger partial charge < -0.3 is 10.5 Å². The third-order valence-electron chi connectivity index (χ3n) is 3.09. The van der Waals surface area contributed by atoms with Gasteiger partial charge in [-0.05, 0) is 18.6 Å². The van der Waals surface area contributed by atoms with Gasteiger partial charge in [0.05, 0.1) is 11.5 Å². The average molecular weight is 308 g/mol. The van der Waals surface area contributed by atoms with Crippen molar-refractivity contribution in [2.24, 2.45) is 0 Å². The van der Waals surface area contributed by atoms with Gasteiger partial charge in [-0.3, -0.25) is 0 Å². The third kappa shape index (κ3) is 3.72. The van der Waals surface area contributed by atoms with Crippen LogP contribution in [0.5, 0.6) is 0 Å². The van der Waals surface area contributed by atoms with Crippen LogP contribution in [0.15, 0.2) is 41.3 Å². The van der Waals surface area contributed by atoms with Gasteiger partial charge in [-0.2, -0.15) is 0 Å². The topological polar surface area (TPSA) is 81.4 Å². The molecule has 0 unspecified atom stereocenters. The van der Waals surface area contributed by atoms with E-state index in [1.54, 1.807) is 30.3 Å². The van der Waals surface area contributed by atoms with Crippen LogP contribution in [-0.2, 0) is 14.8 Å². The first-order valence-electron chi connectivity index (χ1n) is 6.91. The van der Waals surface area contributed by atoms with Crippen molar-refractivity contribution in [3.63, 3.8) is 0 Å². The molecule has 0 atom stereocenters. The van der Waals surface area contributed by atoms with Crippen molar-refractivity contribution >= 4 is 26.5 Å². The molecule has 2 rings (SSSR count). The fraction of sp³-hybridized carbons (Fsp3) is 0.333. The number of rotatable bonds is 7. The summed E-state index contributed by atoms with van der Waals surface area (Å²) in [7, 11) is -3.58. The first-order valence-corrected chi connectivity index (χ1v) is 8.39. The molecule has 0 radical (unpaired) electrons. The van der Waals surface area contributed by atoms with E-state index in [-0.39, 0.29) is 11.4 Å². The average Bonchev–Trinajstić information content (AvgIpc) is 2.47. The lowest BCUT2D eigenvalue weighted by atomic mass is 10.1. The second kappa shape index (κ2) is 6.89.